The molecule has 0 unspecified atom stereocenters. The fourth-order valence-corrected chi connectivity index (χ4v) is 14.2. The van der Waals surface area contributed by atoms with Crippen LogP contribution in [0.15, 0.2) is 109 Å². The summed E-state index contributed by atoms with van der Waals surface area (Å²) in [5.74, 6) is 0.0145. The van der Waals surface area contributed by atoms with E-state index in [1.807, 2.05) is 97.1 Å². The van der Waals surface area contributed by atoms with Gasteiger partial charge >= 0.3 is 0 Å². The Kier molecular flexibility index (Phi) is 8.49. The minimum atomic E-state index is -2.55. The lowest BCUT2D eigenvalue weighted by Crippen LogP contribution is -2.52. The van der Waals surface area contributed by atoms with Crippen molar-refractivity contribution >= 4 is 64.5 Å². The Balaban J connectivity index is 1.21. The van der Waals surface area contributed by atoms with Crippen LogP contribution in [0.3, 0.4) is 0 Å². The van der Waals surface area contributed by atoms with Crippen LogP contribution in [0.1, 0.15) is 42.1 Å². The van der Waals surface area contributed by atoms with Crippen molar-refractivity contribution in [1.82, 2.24) is 4.90 Å². The van der Waals surface area contributed by atoms with Crippen LogP contribution in [-0.2, 0) is 19.9 Å². The quantitative estimate of drug-likeness (QED) is 0.166. The summed E-state index contributed by atoms with van der Waals surface area (Å²) in [6.07, 6.45) is 1.10. The average molecular weight is 752 g/mol. The Bertz CT molecular complexity index is 2340. The first kappa shape index (κ1) is 35.4. The fraction of sp³-hybridized carbons (Fsp3) is 0.311. The summed E-state index contributed by atoms with van der Waals surface area (Å²) in [6.45, 7) is 7.22. The molecular formula is C45H45N3O6Si. The second kappa shape index (κ2) is 13.2. The molecule has 4 heterocycles. The molecule has 10 heteroatoms. The largest absolute Gasteiger partial charge is 0.497 e. The molecule has 55 heavy (non-hydrogen) atoms. The van der Waals surface area contributed by atoms with Crippen LogP contribution in [0.4, 0.5) is 22.7 Å². The van der Waals surface area contributed by atoms with Gasteiger partial charge in [-0.1, -0.05) is 79.8 Å². The lowest BCUT2D eigenvalue weighted by atomic mass is 9.82. The highest BCUT2D eigenvalue weighted by molar-refractivity contribution is 6.91. The maximum atomic E-state index is 15.5. The predicted molar refractivity (Wildman–Crippen MR) is 216 cm³/mol. The third-order valence-corrected chi connectivity index (χ3v) is 17.2. The van der Waals surface area contributed by atoms with Crippen LogP contribution in [-0.4, -0.2) is 68.2 Å². The summed E-state index contributed by atoms with van der Waals surface area (Å²) >= 11 is 0. The summed E-state index contributed by atoms with van der Waals surface area (Å²) in [7, 11) is -0.896. The van der Waals surface area contributed by atoms with E-state index in [0.29, 0.717) is 34.7 Å². The highest BCUT2D eigenvalue weighted by Gasteiger charge is 2.67. The highest BCUT2D eigenvalue weighted by atomic mass is 28.3. The van der Waals surface area contributed by atoms with Crippen LogP contribution < -0.4 is 19.7 Å². The van der Waals surface area contributed by atoms with Crippen molar-refractivity contribution in [2.24, 2.45) is 5.92 Å². The van der Waals surface area contributed by atoms with Crippen LogP contribution in [0.2, 0.25) is 18.6 Å². The van der Waals surface area contributed by atoms with Gasteiger partial charge in [0.1, 0.15) is 5.75 Å². The van der Waals surface area contributed by atoms with E-state index in [1.165, 1.54) is 5.19 Å². The monoisotopic (exact) mass is 751 g/mol. The summed E-state index contributed by atoms with van der Waals surface area (Å²) in [4.78, 5) is 49.2. The number of benzene rings is 5. The third-order valence-electron chi connectivity index (χ3n) is 12.8. The first-order chi connectivity index (χ1) is 26.6. The molecule has 9 nitrogen and oxygen atoms in total. The zero-order valence-corrected chi connectivity index (χ0v) is 32.6. The molecule has 0 aromatic heterocycles. The van der Waals surface area contributed by atoms with Gasteiger partial charge in [-0.05, 0) is 78.4 Å². The SMILES string of the molecule is COc1ccc([Si](C)(C)[C@@H]2[C@@H](CC(=O)N3CCC[C@H]3CO)O[C@]3(C(=O)N(c4ccccc4)c4ccc(N5C(=O)c6cccc7cccc5c67)cc43)[C@H]2C)cc1. The van der Waals surface area contributed by atoms with Gasteiger partial charge in [-0.25, -0.2) is 0 Å². The van der Waals surface area contributed by atoms with E-state index in [-0.39, 0.29) is 48.3 Å². The van der Waals surface area contributed by atoms with Gasteiger partial charge in [-0.3, -0.25) is 24.2 Å². The minimum absolute atomic E-state index is 0.0665. The number of aliphatic hydroxyl groups excluding tert-OH is 1. The molecule has 5 atom stereocenters. The number of amides is 3. The predicted octanol–water partition coefficient (Wildman–Crippen LogP) is 7.41. The van der Waals surface area contributed by atoms with Crippen molar-refractivity contribution in [3.05, 3.63) is 120 Å². The molecular weight excluding hydrogens is 707 g/mol. The van der Waals surface area contributed by atoms with E-state index in [4.69, 9.17) is 9.47 Å². The van der Waals surface area contributed by atoms with Gasteiger partial charge in [-0.15, -0.1) is 0 Å². The van der Waals surface area contributed by atoms with E-state index >= 15 is 4.79 Å². The number of hydrogen-bond acceptors (Lipinski definition) is 6. The van der Waals surface area contributed by atoms with E-state index in [1.54, 1.807) is 21.8 Å². The van der Waals surface area contributed by atoms with E-state index in [9.17, 15) is 14.7 Å². The normalized spacial score (nSPS) is 24.4. The van der Waals surface area contributed by atoms with Crippen LogP contribution in [0.5, 0.6) is 5.75 Å². The van der Waals surface area contributed by atoms with E-state index in [0.717, 1.165) is 35.1 Å². The highest BCUT2D eigenvalue weighted by Crippen LogP contribution is 2.62. The van der Waals surface area contributed by atoms with Crippen molar-refractivity contribution < 1.29 is 29.0 Å². The number of fused-ring (bicyclic) bond motifs is 2. The molecule has 5 aromatic rings. The number of carbonyl (C=O) groups excluding carboxylic acids is 3. The van der Waals surface area contributed by atoms with Gasteiger partial charge in [0.15, 0.2) is 5.60 Å². The van der Waals surface area contributed by atoms with Crippen LogP contribution >= 0.6 is 0 Å². The second-order valence-corrected chi connectivity index (χ2v) is 20.6. The molecule has 5 aromatic carbocycles. The van der Waals surface area contributed by atoms with Gasteiger partial charge in [0.05, 0.1) is 57.3 Å². The zero-order chi connectivity index (χ0) is 38.2. The number of aliphatic hydroxyl groups is 1. The maximum absolute atomic E-state index is 15.5. The average Bonchev–Trinajstić information content (AvgIpc) is 3.94. The lowest BCUT2D eigenvalue weighted by molar-refractivity contribution is -0.149. The van der Waals surface area contributed by atoms with Gasteiger partial charge in [0, 0.05) is 34.8 Å². The molecule has 4 aliphatic rings. The molecule has 280 valence electrons. The number of ether oxygens (including phenoxy) is 2. The first-order valence-corrected chi connectivity index (χ1v) is 22.3. The number of nitrogens with zero attached hydrogens (tertiary/aromatic N) is 3. The molecule has 4 aliphatic heterocycles. The van der Waals surface area contributed by atoms with Crippen LogP contribution in [0, 0.1) is 5.92 Å². The van der Waals surface area contributed by atoms with Crippen molar-refractivity contribution in [2.75, 3.05) is 30.1 Å². The van der Waals surface area contributed by atoms with Crippen molar-refractivity contribution in [3.63, 3.8) is 0 Å². The molecule has 1 spiro atoms. The second-order valence-electron chi connectivity index (χ2n) is 15.9. The summed E-state index contributed by atoms with van der Waals surface area (Å²) < 4.78 is 12.9. The zero-order valence-electron chi connectivity index (χ0n) is 31.6. The topological polar surface area (TPSA) is 99.6 Å². The molecule has 0 radical (unpaired) electrons. The van der Waals surface area contributed by atoms with Gasteiger partial charge in [-0.2, -0.15) is 0 Å². The Hall–Kier alpha value is -5.29. The number of anilines is 4. The third kappa shape index (κ3) is 5.22. The summed E-state index contributed by atoms with van der Waals surface area (Å²) in [6, 6.07) is 35.1. The summed E-state index contributed by atoms with van der Waals surface area (Å²) in [5.41, 5.74) is 2.59. The number of para-hydroxylation sites is 1. The smallest absolute Gasteiger partial charge is 0.268 e. The van der Waals surface area contributed by atoms with Gasteiger partial charge in [0.25, 0.3) is 11.8 Å². The number of likely N-dealkylation sites (tertiary alicyclic amines) is 1. The number of hydrogen-bond donors (Lipinski definition) is 1. The fourth-order valence-electron chi connectivity index (χ4n) is 10.2. The number of methoxy groups -OCH3 is 1. The molecule has 2 saturated heterocycles. The van der Waals surface area contributed by atoms with Gasteiger partial charge < -0.3 is 19.5 Å². The van der Waals surface area contributed by atoms with E-state index in [2.05, 4.69) is 32.2 Å². The minimum Gasteiger partial charge on any atom is -0.497 e. The summed E-state index contributed by atoms with van der Waals surface area (Å²) in [5, 5.41) is 13.2. The first-order valence-electron chi connectivity index (χ1n) is 19.2. The molecule has 2 fully saturated rings. The lowest BCUT2D eigenvalue weighted by Gasteiger charge is -2.37. The molecule has 0 bridgehead atoms. The standard InChI is InChI=1S/C45H45N3O6Si/c1-28-42(55(3,4)34-21-19-33(53-2)20-22-34)39(26-40(50)46-24-10-15-32(46)27-49)54-45(28)36-25-31(18-23-37(36)48(44(45)52)30-13-6-5-7-14-30)47-38-17-9-12-29-11-8-16-35(41(29)38)43(47)51/h5-9,11-14,16-23,25,28,32,39,42,49H,10,15,24,26-27H2,1-4H3/t28-,32-,39+,42-,45+/m0/s1. The maximum Gasteiger partial charge on any atom is 0.268 e. The van der Waals surface area contributed by atoms with Crippen LogP contribution in [0.25, 0.3) is 10.8 Å². The number of carbonyl (C=O) groups is 3. The molecule has 0 saturated carbocycles. The number of rotatable bonds is 8. The van der Waals surface area contributed by atoms with Crippen molar-refractivity contribution in [1.29, 1.82) is 0 Å². The Morgan fingerprint density at radius 3 is 2.36 bits per heavy atom. The molecule has 1 N–H and O–H groups in total. The van der Waals surface area contributed by atoms with Crippen molar-refractivity contribution in [2.45, 2.75) is 62.6 Å². The molecule has 9 rings (SSSR count). The Morgan fingerprint density at radius 1 is 0.891 bits per heavy atom. The Labute approximate surface area is 322 Å². The molecule has 3 amide bonds. The van der Waals surface area contributed by atoms with Gasteiger partial charge in [0.2, 0.25) is 5.91 Å². The van der Waals surface area contributed by atoms with E-state index < -0.39 is 19.8 Å². The molecule has 0 aliphatic carbocycles. The van der Waals surface area contributed by atoms with Crippen molar-refractivity contribution in [3.8, 4) is 5.75 Å². The Morgan fingerprint density at radius 2 is 1.64 bits per heavy atom.